The molecule has 0 aliphatic heterocycles. The molecule has 720 valence electrons. The van der Waals surface area contributed by atoms with E-state index in [0.29, 0.717) is 72.5 Å². The third kappa shape index (κ3) is 98.8. The highest BCUT2D eigenvalue weighted by atomic mass is 31.2. The molecule has 0 aromatic carbocycles. The molecule has 54 heteroatoms. The van der Waals surface area contributed by atoms with Crippen LogP contribution in [0, 0.1) is 0 Å². The molecule has 0 radical (unpaired) electrons. The zero-order chi connectivity index (χ0) is 98.8. The number of hydrogen-bond donors (Lipinski definition) is 12. The van der Waals surface area contributed by atoms with Gasteiger partial charge < -0.3 is 54.8 Å². The van der Waals surface area contributed by atoms with Crippen molar-refractivity contribution in [2.24, 2.45) is 0 Å². The lowest BCUT2D eigenvalue weighted by atomic mass is 10.4. The molecule has 0 saturated carbocycles. The largest absolute Gasteiger partial charge is 0.507 e. The van der Waals surface area contributed by atoms with Crippen LogP contribution in [0.15, 0.2) is 225 Å². The van der Waals surface area contributed by atoms with Gasteiger partial charge in [-0.2, -0.15) is 0 Å². The van der Waals surface area contributed by atoms with Crippen LogP contribution < -0.4 is 0 Å². The van der Waals surface area contributed by atoms with Crippen molar-refractivity contribution in [1.82, 2.24) is 115 Å². The molecule has 12 aromatic rings. The first-order chi connectivity index (χ1) is 57.7. The number of halogens is 6. The topological polar surface area (TPSA) is 559 Å². The maximum absolute atomic E-state index is 10.4. The van der Waals surface area contributed by atoms with E-state index in [4.69, 9.17) is 86.1 Å². The smallest absolute Gasteiger partial charge is 0.335 e. The molecular formula is C72H132F6N24O18P6. The molecular weight excluding hydrogens is 1790 g/mol. The summed E-state index contributed by atoms with van der Waals surface area (Å²) in [5.74, 6) is 0. The fraction of sp³-hybridized carbons (Fsp3) is 0.500. The van der Waals surface area contributed by atoms with Crippen molar-refractivity contribution in [3.8, 4) is 0 Å². The Morgan fingerprint density at radius 1 is 0.159 bits per heavy atom. The molecule has 12 N–H and O–H groups in total. The number of nitrogens with zero attached hydrogens (tertiary/aromatic N) is 24. The van der Waals surface area contributed by atoms with Crippen molar-refractivity contribution in [2.45, 2.75) is 239 Å². The van der Waals surface area contributed by atoms with Crippen molar-refractivity contribution in [2.75, 3.05) is 0 Å². The number of imidazole rings is 12. The van der Waals surface area contributed by atoms with Crippen LogP contribution in [0.5, 0.6) is 0 Å². The van der Waals surface area contributed by atoms with Crippen LogP contribution >= 0.6 is 47.4 Å². The molecule has 0 saturated heterocycles. The fourth-order valence-electron chi connectivity index (χ4n) is 6.90. The van der Waals surface area contributed by atoms with Gasteiger partial charge in [0, 0.05) is 221 Å². The molecule has 12 rings (SSSR count). The molecule has 0 bridgehead atoms. The molecule has 0 atom stereocenters. The van der Waals surface area contributed by atoms with Crippen LogP contribution in [0.3, 0.4) is 0 Å². The highest BCUT2D eigenvalue weighted by molar-refractivity contribution is 7.47. The summed E-state index contributed by atoms with van der Waals surface area (Å²) in [5.41, 5.74) is 0. The Kier molecular flexibility index (Phi) is 72.0. The molecule has 126 heavy (non-hydrogen) atoms. The Hall–Kier alpha value is -9.00. The van der Waals surface area contributed by atoms with E-state index in [1.165, 1.54) is 0 Å². The second-order valence-electron chi connectivity index (χ2n) is 28.1. The lowest BCUT2D eigenvalue weighted by Crippen LogP contribution is -1.95. The Balaban J connectivity index is -0.000000304. The third-order valence-electron chi connectivity index (χ3n) is 13.5. The quantitative estimate of drug-likeness (QED) is 0.0399. The number of hydrogen-bond acceptors (Lipinski definition) is 18. The number of rotatable bonds is 12. The minimum atomic E-state index is -5.14. The summed E-state index contributed by atoms with van der Waals surface area (Å²) in [6, 6.07) is 6.47. The van der Waals surface area contributed by atoms with E-state index in [1.54, 1.807) is 74.4 Å². The van der Waals surface area contributed by atoms with Crippen molar-refractivity contribution in [3.05, 3.63) is 225 Å². The lowest BCUT2D eigenvalue weighted by Gasteiger charge is -2.02. The molecule has 0 aliphatic carbocycles. The average molecular weight is 1920 g/mol. The van der Waals surface area contributed by atoms with E-state index < -0.39 is 47.4 Å². The molecule has 12 aromatic heterocycles. The Bertz CT molecular complexity index is 3520. The maximum atomic E-state index is 10.4. The third-order valence-corrected chi connectivity index (χ3v) is 13.5. The van der Waals surface area contributed by atoms with Crippen molar-refractivity contribution >= 4 is 47.4 Å². The van der Waals surface area contributed by atoms with Gasteiger partial charge >= 0.3 is 47.4 Å². The second kappa shape index (κ2) is 71.0. The number of aromatic nitrogens is 24. The van der Waals surface area contributed by atoms with Crippen molar-refractivity contribution < 1.29 is 111 Å². The molecule has 0 fully saturated rings. The van der Waals surface area contributed by atoms with Gasteiger partial charge in [0.2, 0.25) is 0 Å². The van der Waals surface area contributed by atoms with Crippen LogP contribution in [0.1, 0.15) is 239 Å². The Morgan fingerprint density at radius 3 is 0.222 bits per heavy atom. The van der Waals surface area contributed by atoms with E-state index in [-0.39, 0.29) is 0 Å². The van der Waals surface area contributed by atoms with Gasteiger partial charge in [-0.25, -0.2) is 87.2 Å². The standard InChI is InChI=1S/12C6H10N2.6FH2O3P/c12*1-6(2)8-4-3-7-5-8;6*1-5(2,3)4/h12*3-6H,1-2H3;6*(H2,2,3,4). The van der Waals surface area contributed by atoms with Gasteiger partial charge in [-0.3, -0.25) is 58.7 Å². The summed E-state index contributed by atoms with van der Waals surface area (Å²) in [7, 11) is -30.8. The van der Waals surface area contributed by atoms with Crippen LogP contribution in [0.4, 0.5) is 25.2 Å². The second-order valence-corrected chi connectivity index (χ2v) is 33.8. The summed E-state index contributed by atoms with van der Waals surface area (Å²) >= 11 is 0. The molecule has 0 amide bonds. The van der Waals surface area contributed by atoms with Crippen LogP contribution in [-0.4, -0.2) is 173 Å². The predicted molar refractivity (Wildman–Crippen MR) is 470 cm³/mol. The zero-order valence-electron chi connectivity index (χ0n) is 75.2. The minimum Gasteiger partial charge on any atom is -0.335 e. The van der Waals surface area contributed by atoms with E-state index in [9.17, 15) is 25.2 Å². The first-order valence-corrected chi connectivity index (χ1v) is 46.9. The average Bonchev–Trinajstić information content (AvgIpc) is 1.89. The van der Waals surface area contributed by atoms with Crippen molar-refractivity contribution in [3.63, 3.8) is 0 Å². The van der Waals surface area contributed by atoms with E-state index in [2.05, 4.69) is 281 Å². The first kappa shape index (κ1) is 128. The van der Waals surface area contributed by atoms with E-state index >= 15 is 0 Å². The van der Waals surface area contributed by atoms with Crippen LogP contribution in [-0.2, 0) is 27.4 Å². The van der Waals surface area contributed by atoms with Gasteiger partial charge in [-0.05, 0) is 166 Å². The van der Waals surface area contributed by atoms with E-state index in [1.807, 2.05) is 150 Å². The van der Waals surface area contributed by atoms with Crippen LogP contribution in [0.25, 0.3) is 0 Å². The molecule has 0 spiro atoms. The lowest BCUT2D eigenvalue weighted by molar-refractivity contribution is 0.320. The Labute approximate surface area is 733 Å². The summed E-state index contributed by atoms with van der Waals surface area (Å²) in [6.45, 7) is 51.0. The summed E-state index contributed by atoms with van der Waals surface area (Å²) in [4.78, 5) is 130. The van der Waals surface area contributed by atoms with Gasteiger partial charge in [0.25, 0.3) is 0 Å². The zero-order valence-corrected chi connectivity index (χ0v) is 80.6. The highest BCUT2D eigenvalue weighted by Gasteiger charge is 2.09. The molecule has 0 aliphatic rings. The summed E-state index contributed by atoms with van der Waals surface area (Å²) in [5, 5.41) is 0. The monoisotopic (exact) mass is 1920 g/mol. The molecule has 42 nitrogen and oxygen atoms in total. The normalized spacial score (nSPS) is 10.7. The fourth-order valence-corrected chi connectivity index (χ4v) is 6.90. The highest BCUT2D eigenvalue weighted by Crippen LogP contribution is 2.37. The molecule has 12 heterocycles. The summed E-state index contributed by atoms with van der Waals surface area (Å²) in [6.07, 6.45) is 66.9. The molecule has 0 unspecified atom stereocenters. The Morgan fingerprint density at radius 2 is 0.206 bits per heavy atom. The van der Waals surface area contributed by atoms with Gasteiger partial charge in [0.05, 0.1) is 75.9 Å². The summed E-state index contributed by atoms with van der Waals surface area (Å²) < 4.78 is 139. The first-order valence-electron chi connectivity index (χ1n) is 37.9. The van der Waals surface area contributed by atoms with Crippen molar-refractivity contribution in [1.29, 1.82) is 0 Å². The SMILES string of the molecule is CC(C)n1ccnc1.CC(C)n1ccnc1.CC(C)n1ccnc1.CC(C)n1ccnc1.CC(C)n1ccnc1.CC(C)n1ccnc1.CC(C)n1ccnc1.CC(C)n1ccnc1.CC(C)n1ccnc1.CC(C)n1ccnc1.CC(C)n1ccnc1.CC(C)n1ccnc1.O=P(O)(O)F.O=P(O)(O)F.O=P(O)(O)F.O=P(O)(O)F.O=P(O)(O)F.O=P(O)(O)F. The van der Waals surface area contributed by atoms with Gasteiger partial charge in [0.1, 0.15) is 0 Å². The maximum Gasteiger partial charge on any atom is 0.507 e. The van der Waals surface area contributed by atoms with Gasteiger partial charge in [0.15, 0.2) is 0 Å². The van der Waals surface area contributed by atoms with Crippen LogP contribution in [0.2, 0.25) is 0 Å². The van der Waals surface area contributed by atoms with Gasteiger partial charge in [-0.1, -0.05) is 0 Å². The van der Waals surface area contributed by atoms with Gasteiger partial charge in [-0.15, -0.1) is 25.2 Å². The minimum absolute atomic E-state index is 0.539. The predicted octanol–water partition coefficient (Wildman–Crippen LogP) is 17.9. The van der Waals surface area contributed by atoms with E-state index in [0.717, 1.165) is 0 Å².